The second-order valence-electron chi connectivity index (χ2n) is 2.49. The van der Waals surface area contributed by atoms with Crippen LogP contribution in [0.25, 0.3) is 0 Å². The Hall–Kier alpha value is 0.650. The standard InChI is InChI=1S/C6H15PS/c1-6(2)4-3-5-7-8/h6H,3-5,7H2,1-2H3. The van der Waals surface area contributed by atoms with Gasteiger partial charge in [-0.25, -0.2) is 0 Å². The first-order valence-electron chi connectivity index (χ1n) is 3.21. The van der Waals surface area contributed by atoms with Crippen LogP contribution >= 0.6 is 7.36 Å². The van der Waals surface area contributed by atoms with Crippen molar-refractivity contribution in [1.29, 1.82) is 0 Å². The molecule has 0 spiro atoms. The molecule has 0 heterocycles. The van der Waals surface area contributed by atoms with Crippen molar-refractivity contribution in [2.24, 2.45) is 5.92 Å². The van der Waals surface area contributed by atoms with Gasteiger partial charge in [0.2, 0.25) is 0 Å². The van der Waals surface area contributed by atoms with Crippen molar-refractivity contribution in [2.75, 3.05) is 6.16 Å². The summed E-state index contributed by atoms with van der Waals surface area (Å²) < 4.78 is 0. The van der Waals surface area contributed by atoms with Crippen LogP contribution in [0.1, 0.15) is 26.7 Å². The van der Waals surface area contributed by atoms with Gasteiger partial charge in [-0.15, -0.1) is 11.8 Å². The molecule has 50 valence electrons. The van der Waals surface area contributed by atoms with E-state index in [-0.39, 0.29) is 0 Å². The Morgan fingerprint density at radius 3 is 2.50 bits per heavy atom. The van der Waals surface area contributed by atoms with Crippen molar-refractivity contribution < 1.29 is 0 Å². The fourth-order valence-corrected chi connectivity index (χ4v) is 1.51. The first-order chi connectivity index (χ1) is 3.77. The summed E-state index contributed by atoms with van der Waals surface area (Å²) in [7, 11) is 0.347. The van der Waals surface area contributed by atoms with Crippen LogP contribution in [0, 0.1) is 5.92 Å². The molecule has 0 bridgehead atoms. The lowest BCUT2D eigenvalue weighted by Crippen LogP contribution is -1.86. The highest BCUT2D eigenvalue weighted by Crippen LogP contribution is 2.06. The lowest BCUT2D eigenvalue weighted by molar-refractivity contribution is 0.579. The Balaban J connectivity index is 2.81. The molecule has 2 heteroatoms. The summed E-state index contributed by atoms with van der Waals surface area (Å²) >= 11 is 4.89. The minimum absolute atomic E-state index is 0.347. The first kappa shape index (κ1) is 8.65. The lowest BCUT2D eigenvalue weighted by Gasteiger charge is -1.99. The lowest BCUT2D eigenvalue weighted by atomic mass is 10.1. The Bertz CT molecular complexity index is 61.5. The third-order valence-electron chi connectivity index (χ3n) is 1.10. The summed E-state index contributed by atoms with van der Waals surface area (Å²) in [6.07, 6.45) is 4.04. The van der Waals surface area contributed by atoms with E-state index in [9.17, 15) is 0 Å². The fraction of sp³-hybridized carbons (Fsp3) is 1.00. The molecule has 0 amide bonds. The van der Waals surface area contributed by atoms with Crippen LogP contribution in [0.4, 0.5) is 0 Å². The number of hydrogen-bond acceptors (Lipinski definition) is 1. The van der Waals surface area contributed by atoms with Gasteiger partial charge in [0, 0.05) is 0 Å². The minimum atomic E-state index is 0.347. The Morgan fingerprint density at radius 1 is 1.50 bits per heavy atom. The largest absolute Gasteiger partial charge is 0.104 e. The van der Waals surface area contributed by atoms with E-state index in [2.05, 4.69) is 13.8 Å². The molecule has 0 aromatic heterocycles. The van der Waals surface area contributed by atoms with Gasteiger partial charge in [-0.05, 0) is 18.5 Å². The van der Waals surface area contributed by atoms with Gasteiger partial charge in [0.25, 0.3) is 0 Å². The molecule has 8 heavy (non-hydrogen) atoms. The van der Waals surface area contributed by atoms with Crippen molar-refractivity contribution in [2.45, 2.75) is 26.7 Å². The maximum absolute atomic E-state index is 4.89. The van der Waals surface area contributed by atoms with Crippen molar-refractivity contribution in [3.05, 3.63) is 0 Å². The van der Waals surface area contributed by atoms with E-state index in [4.69, 9.17) is 11.8 Å². The Labute approximate surface area is 58.5 Å². The molecule has 0 saturated carbocycles. The van der Waals surface area contributed by atoms with Gasteiger partial charge in [-0.1, -0.05) is 27.6 Å². The zero-order chi connectivity index (χ0) is 6.41. The molecular formula is C6H15PS. The number of rotatable bonds is 4. The van der Waals surface area contributed by atoms with Gasteiger partial charge >= 0.3 is 0 Å². The molecule has 0 radical (unpaired) electrons. The van der Waals surface area contributed by atoms with E-state index in [0.29, 0.717) is 7.36 Å². The smallest absolute Gasteiger partial charge is 0.0286 e. The molecule has 0 saturated heterocycles. The second-order valence-corrected chi connectivity index (χ2v) is 4.40. The molecule has 1 unspecified atom stereocenters. The topological polar surface area (TPSA) is 0 Å². The van der Waals surface area contributed by atoms with Gasteiger partial charge in [0.1, 0.15) is 0 Å². The van der Waals surface area contributed by atoms with Gasteiger partial charge < -0.3 is 0 Å². The van der Waals surface area contributed by atoms with E-state index in [1.54, 1.807) is 0 Å². The summed E-state index contributed by atoms with van der Waals surface area (Å²) in [5.41, 5.74) is 0. The van der Waals surface area contributed by atoms with Crippen molar-refractivity contribution in [3.63, 3.8) is 0 Å². The van der Waals surface area contributed by atoms with E-state index < -0.39 is 0 Å². The molecule has 0 aromatic rings. The van der Waals surface area contributed by atoms with Gasteiger partial charge in [-0.3, -0.25) is 0 Å². The summed E-state index contributed by atoms with van der Waals surface area (Å²) in [5, 5.41) is 0. The predicted molar refractivity (Wildman–Crippen MR) is 46.0 cm³/mol. The second kappa shape index (κ2) is 5.78. The maximum atomic E-state index is 4.89. The fourth-order valence-electron chi connectivity index (χ4n) is 0.609. The Kier molecular flexibility index (Phi) is 6.25. The van der Waals surface area contributed by atoms with Crippen LogP contribution in [0.3, 0.4) is 0 Å². The molecule has 0 aliphatic heterocycles. The van der Waals surface area contributed by atoms with Crippen molar-refractivity contribution in [3.8, 4) is 0 Å². The highest BCUT2D eigenvalue weighted by atomic mass is 32.4. The zero-order valence-corrected chi connectivity index (χ0v) is 7.66. The highest BCUT2D eigenvalue weighted by Gasteiger charge is 1.89. The monoisotopic (exact) mass is 150 g/mol. The summed E-state index contributed by atoms with van der Waals surface area (Å²) in [6, 6.07) is 0. The van der Waals surface area contributed by atoms with Crippen LogP contribution in [0.5, 0.6) is 0 Å². The van der Waals surface area contributed by atoms with Crippen LogP contribution in [-0.4, -0.2) is 6.16 Å². The Morgan fingerprint density at radius 2 is 2.12 bits per heavy atom. The molecule has 0 fully saturated rings. The third kappa shape index (κ3) is 6.65. The normalized spacial score (nSPS) is 11.9. The van der Waals surface area contributed by atoms with Crippen LogP contribution in [-0.2, 0) is 11.8 Å². The van der Waals surface area contributed by atoms with E-state index in [1.165, 1.54) is 19.0 Å². The maximum Gasteiger partial charge on any atom is -0.0286 e. The molecular weight excluding hydrogens is 135 g/mol. The highest BCUT2D eigenvalue weighted by molar-refractivity contribution is 7.96. The van der Waals surface area contributed by atoms with Gasteiger partial charge in [0.05, 0.1) is 0 Å². The first-order valence-corrected chi connectivity index (χ1v) is 5.91. The van der Waals surface area contributed by atoms with Crippen LogP contribution < -0.4 is 0 Å². The summed E-state index contributed by atoms with van der Waals surface area (Å²) in [6.45, 7) is 4.53. The molecule has 0 nitrogen and oxygen atoms in total. The molecule has 0 aliphatic carbocycles. The van der Waals surface area contributed by atoms with E-state index in [1.807, 2.05) is 0 Å². The van der Waals surface area contributed by atoms with Gasteiger partial charge in [0.15, 0.2) is 0 Å². The summed E-state index contributed by atoms with van der Waals surface area (Å²) in [5.74, 6) is 0.871. The average Bonchev–Trinajstić information content (AvgIpc) is 1.66. The third-order valence-corrected chi connectivity index (χ3v) is 2.45. The zero-order valence-electron chi connectivity index (χ0n) is 5.68. The molecule has 1 atom stereocenters. The SMILES string of the molecule is CC(C)CCC[PH2]=S. The quantitative estimate of drug-likeness (QED) is 0.437. The van der Waals surface area contributed by atoms with Crippen LogP contribution in [0.15, 0.2) is 0 Å². The average molecular weight is 150 g/mol. The molecule has 0 aromatic carbocycles. The minimum Gasteiger partial charge on any atom is -0.104 e. The van der Waals surface area contributed by atoms with Crippen molar-refractivity contribution in [1.82, 2.24) is 0 Å². The van der Waals surface area contributed by atoms with Crippen LogP contribution in [0.2, 0.25) is 0 Å². The molecule has 0 N–H and O–H groups in total. The molecule has 0 rings (SSSR count). The predicted octanol–water partition coefficient (Wildman–Crippen LogP) is 2.30. The van der Waals surface area contributed by atoms with Crippen molar-refractivity contribution >= 4 is 19.2 Å². The number of hydrogen-bond donors (Lipinski definition) is 0. The van der Waals surface area contributed by atoms with E-state index in [0.717, 1.165) is 5.92 Å². The van der Waals surface area contributed by atoms with Gasteiger partial charge in [-0.2, -0.15) is 0 Å². The van der Waals surface area contributed by atoms with E-state index >= 15 is 0 Å². The summed E-state index contributed by atoms with van der Waals surface area (Å²) in [4.78, 5) is 0. The molecule has 0 aliphatic rings.